The van der Waals surface area contributed by atoms with E-state index in [0.29, 0.717) is 16.5 Å². The first-order chi connectivity index (χ1) is 11.4. The van der Waals surface area contributed by atoms with E-state index in [-0.39, 0.29) is 18.1 Å². The van der Waals surface area contributed by atoms with Crippen LogP contribution in [-0.4, -0.2) is 36.3 Å². The number of carbonyl (C=O) groups is 1. The Balaban J connectivity index is 1.57. The van der Waals surface area contributed by atoms with Crippen molar-refractivity contribution >= 4 is 27.3 Å². The number of sulfone groups is 1. The first-order valence-corrected chi connectivity index (χ1v) is 8.91. The standard InChI is InChI=1S/C14H12ClN3O5S/c15-9-3-11(6-16-5-9)22-7-12-4-13(18-23-12)14(19)17-10-1-2-24(20,21)8-10/h1-6,10H,7-8H2,(H,17,19)/t10-/m1/s1. The Morgan fingerprint density at radius 1 is 1.42 bits per heavy atom. The monoisotopic (exact) mass is 369 g/mol. The summed E-state index contributed by atoms with van der Waals surface area (Å²) >= 11 is 5.79. The van der Waals surface area contributed by atoms with Crippen LogP contribution in [0.4, 0.5) is 0 Å². The summed E-state index contributed by atoms with van der Waals surface area (Å²) in [5.41, 5.74) is 0.0375. The molecule has 3 rings (SSSR count). The fourth-order valence-corrected chi connectivity index (χ4v) is 3.42. The molecule has 8 nitrogen and oxygen atoms in total. The van der Waals surface area contributed by atoms with Gasteiger partial charge in [0.1, 0.15) is 12.4 Å². The van der Waals surface area contributed by atoms with Gasteiger partial charge in [-0.2, -0.15) is 0 Å². The highest BCUT2D eigenvalue weighted by Gasteiger charge is 2.24. The molecule has 0 unspecified atom stereocenters. The summed E-state index contributed by atoms with van der Waals surface area (Å²) in [4.78, 5) is 15.9. The van der Waals surface area contributed by atoms with E-state index in [4.69, 9.17) is 20.9 Å². The van der Waals surface area contributed by atoms with Crippen LogP contribution >= 0.6 is 11.6 Å². The van der Waals surface area contributed by atoms with Crippen LogP contribution in [0.1, 0.15) is 16.2 Å². The third-order valence-electron chi connectivity index (χ3n) is 3.10. The lowest BCUT2D eigenvalue weighted by Gasteiger charge is -2.07. The van der Waals surface area contributed by atoms with Crippen LogP contribution < -0.4 is 10.1 Å². The molecule has 0 aromatic carbocycles. The molecule has 1 amide bonds. The van der Waals surface area contributed by atoms with Crippen LogP contribution in [0.15, 0.2) is 40.5 Å². The number of hydrogen-bond donors (Lipinski definition) is 1. The summed E-state index contributed by atoms with van der Waals surface area (Å²) in [6.07, 6.45) is 4.38. The summed E-state index contributed by atoms with van der Waals surface area (Å²) < 4.78 is 33.0. The van der Waals surface area contributed by atoms with Gasteiger partial charge in [0.2, 0.25) is 0 Å². The van der Waals surface area contributed by atoms with Crippen molar-refractivity contribution in [2.45, 2.75) is 12.6 Å². The number of hydrogen-bond acceptors (Lipinski definition) is 7. The van der Waals surface area contributed by atoms with Crippen LogP contribution in [0.2, 0.25) is 5.02 Å². The maximum Gasteiger partial charge on any atom is 0.273 e. The van der Waals surface area contributed by atoms with Gasteiger partial charge in [0.05, 0.1) is 23.0 Å². The van der Waals surface area contributed by atoms with E-state index in [2.05, 4.69) is 15.5 Å². The van der Waals surface area contributed by atoms with Crippen molar-refractivity contribution in [2.24, 2.45) is 0 Å². The molecule has 3 heterocycles. The number of halogens is 1. The highest BCUT2D eigenvalue weighted by Crippen LogP contribution is 2.17. The number of aromatic nitrogens is 2. The Labute approximate surface area is 142 Å². The second-order valence-corrected chi connectivity index (χ2v) is 7.41. The van der Waals surface area contributed by atoms with Gasteiger partial charge >= 0.3 is 0 Å². The number of pyridine rings is 1. The number of amides is 1. The quantitative estimate of drug-likeness (QED) is 0.846. The molecule has 0 saturated heterocycles. The molecule has 0 saturated carbocycles. The summed E-state index contributed by atoms with van der Waals surface area (Å²) in [7, 11) is -3.24. The predicted octanol–water partition coefficient (Wildman–Crippen LogP) is 1.34. The van der Waals surface area contributed by atoms with Gasteiger partial charge in [-0.15, -0.1) is 0 Å². The van der Waals surface area contributed by atoms with Gasteiger partial charge in [0, 0.05) is 23.7 Å². The predicted molar refractivity (Wildman–Crippen MR) is 84.3 cm³/mol. The molecular formula is C14H12ClN3O5S. The Hall–Kier alpha value is -2.39. The second kappa shape index (κ2) is 6.62. The number of nitrogens with one attached hydrogen (secondary N) is 1. The highest BCUT2D eigenvalue weighted by atomic mass is 35.5. The number of ether oxygens (including phenoxy) is 1. The molecule has 0 aliphatic carbocycles. The van der Waals surface area contributed by atoms with Crippen molar-refractivity contribution in [3.63, 3.8) is 0 Å². The van der Waals surface area contributed by atoms with E-state index >= 15 is 0 Å². The molecule has 0 bridgehead atoms. The molecule has 2 aromatic heterocycles. The molecule has 1 atom stereocenters. The van der Waals surface area contributed by atoms with Crippen LogP contribution in [0.3, 0.4) is 0 Å². The average molecular weight is 370 g/mol. The maximum absolute atomic E-state index is 12.0. The fraction of sp³-hybridized carbons (Fsp3) is 0.214. The van der Waals surface area contributed by atoms with Gasteiger partial charge in [-0.3, -0.25) is 9.78 Å². The number of carbonyl (C=O) groups excluding carboxylic acids is 1. The Bertz CT molecular complexity index is 893. The Morgan fingerprint density at radius 2 is 2.25 bits per heavy atom. The van der Waals surface area contributed by atoms with Crippen molar-refractivity contribution in [3.8, 4) is 5.75 Å². The van der Waals surface area contributed by atoms with Gasteiger partial charge in [-0.05, 0) is 6.08 Å². The second-order valence-electron chi connectivity index (χ2n) is 5.04. The molecule has 0 spiro atoms. The smallest absolute Gasteiger partial charge is 0.273 e. The summed E-state index contributed by atoms with van der Waals surface area (Å²) in [6.45, 7) is 0.0417. The third-order valence-corrected chi connectivity index (χ3v) is 4.70. The van der Waals surface area contributed by atoms with Gasteiger partial charge in [0.15, 0.2) is 21.3 Å². The van der Waals surface area contributed by atoms with E-state index < -0.39 is 21.8 Å². The van der Waals surface area contributed by atoms with Crippen LogP contribution in [0, 0.1) is 0 Å². The van der Waals surface area contributed by atoms with Crippen molar-refractivity contribution in [1.29, 1.82) is 0 Å². The molecule has 0 fully saturated rings. The van der Waals surface area contributed by atoms with Gasteiger partial charge < -0.3 is 14.6 Å². The molecule has 2 aromatic rings. The van der Waals surface area contributed by atoms with E-state index in [9.17, 15) is 13.2 Å². The zero-order chi connectivity index (χ0) is 17.2. The largest absolute Gasteiger partial charge is 0.484 e. The summed E-state index contributed by atoms with van der Waals surface area (Å²) in [6, 6.07) is 2.43. The van der Waals surface area contributed by atoms with Crippen LogP contribution in [-0.2, 0) is 16.4 Å². The molecule has 126 valence electrons. The van der Waals surface area contributed by atoms with Crippen molar-refractivity contribution < 1.29 is 22.5 Å². The normalized spacial score (nSPS) is 18.5. The molecule has 1 aliphatic heterocycles. The molecule has 24 heavy (non-hydrogen) atoms. The SMILES string of the molecule is O=C(N[C@@H]1C=CS(=O)(=O)C1)c1cc(COc2cncc(Cl)c2)on1. The first kappa shape index (κ1) is 16.5. The topological polar surface area (TPSA) is 111 Å². The Morgan fingerprint density at radius 3 is 2.96 bits per heavy atom. The maximum atomic E-state index is 12.0. The van der Waals surface area contributed by atoms with E-state index in [1.54, 1.807) is 6.07 Å². The Kier molecular flexibility index (Phi) is 4.54. The highest BCUT2D eigenvalue weighted by molar-refractivity contribution is 7.94. The zero-order valence-electron chi connectivity index (χ0n) is 12.2. The van der Waals surface area contributed by atoms with E-state index in [0.717, 1.165) is 5.41 Å². The van der Waals surface area contributed by atoms with Gasteiger partial charge in [-0.1, -0.05) is 16.8 Å². The summed E-state index contributed by atoms with van der Waals surface area (Å²) in [5.74, 6) is 0.0935. The van der Waals surface area contributed by atoms with Gasteiger partial charge in [0.25, 0.3) is 5.91 Å². The van der Waals surface area contributed by atoms with Crippen LogP contribution in [0.5, 0.6) is 5.75 Å². The average Bonchev–Trinajstić information content (AvgIpc) is 3.12. The van der Waals surface area contributed by atoms with Crippen molar-refractivity contribution in [2.75, 3.05) is 5.75 Å². The zero-order valence-corrected chi connectivity index (χ0v) is 13.7. The lowest BCUT2D eigenvalue weighted by molar-refractivity contribution is 0.0938. The minimum Gasteiger partial charge on any atom is -0.484 e. The van der Waals surface area contributed by atoms with Crippen LogP contribution in [0.25, 0.3) is 0 Å². The number of nitrogens with zero attached hydrogens (tertiary/aromatic N) is 2. The van der Waals surface area contributed by atoms with Crippen molar-refractivity contribution in [1.82, 2.24) is 15.5 Å². The lowest BCUT2D eigenvalue weighted by Crippen LogP contribution is -2.35. The number of rotatable bonds is 5. The first-order valence-electron chi connectivity index (χ1n) is 6.82. The third kappa shape index (κ3) is 4.12. The molecule has 1 N–H and O–H groups in total. The molecule has 1 aliphatic rings. The molecular weight excluding hydrogens is 358 g/mol. The van der Waals surface area contributed by atoms with E-state index in [1.165, 1.54) is 24.5 Å². The van der Waals surface area contributed by atoms with Gasteiger partial charge in [-0.25, -0.2) is 8.42 Å². The molecule has 0 radical (unpaired) electrons. The molecule has 10 heteroatoms. The summed E-state index contributed by atoms with van der Waals surface area (Å²) in [5, 5.41) is 7.71. The van der Waals surface area contributed by atoms with Crippen molar-refractivity contribution in [3.05, 3.63) is 52.5 Å². The minimum absolute atomic E-state index is 0.0375. The fourth-order valence-electron chi connectivity index (χ4n) is 2.02. The minimum atomic E-state index is -3.24. The lowest BCUT2D eigenvalue weighted by atomic mass is 10.3. The van der Waals surface area contributed by atoms with E-state index in [1.807, 2.05) is 0 Å².